The van der Waals surface area contributed by atoms with E-state index in [1.54, 1.807) is 27.7 Å². The monoisotopic (exact) mass is 413 g/mol. The molecule has 3 N–H and O–H groups in total. The first kappa shape index (κ1) is 19.8. The number of nitrogen functional groups attached to an aromatic ring is 1. The van der Waals surface area contributed by atoms with Gasteiger partial charge in [0.1, 0.15) is 18.5 Å². The summed E-state index contributed by atoms with van der Waals surface area (Å²) >= 11 is 0. The fraction of sp³-hybridized carbons (Fsp3) is 0.421. The zero-order chi connectivity index (χ0) is 21.4. The van der Waals surface area contributed by atoms with Crippen LogP contribution < -0.4 is 5.73 Å². The molecule has 1 fully saturated rings. The first-order valence-corrected chi connectivity index (χ1v) is 9.53. The first-order valence-electron chi connectivity index (χ1n) is 9.53. The van der Waals surface area contributed by atoms with Crippen LogP contribution in [-0.4, -0.2) is 72.6 Å². The van der Waals surface area contributed by atoms with Crippen LogP contribution in [0, 0.1) is 0 Å². The molecule has 30 heavy (non-hydrogen) atoms. The average Bonchev–Trinajstić information content (AvgIpc) is 3.33. The quantitative estimate of drug-likeness (QED) is 0.617. The van der Waals surface area contributed by atoms with Gasteiger partial charge in [-0.15, -0.1) is 0 Å². The number of rotatable bonds is 5. The maximum atomic E-state index is 12.4. The fourth-order valence-corrected chi connectivity index (χ4v) is 3.93. The van der Waals surface area contributed by atoms with Crippen LogP contribution in [0.1, 0.15) is 24.5 Å². The van der Waals surface area contributed by atoms with Gasteiger partial charge in [-0.2, -0.15) is 14.7 Å². The van der Waals surface area contributed by atoms with Gasteiger partial charge in [0.25, 0.3) is 0 Å². The van der Waals surface area contributed by atoms with Crippen molar-refractivity contribution in [1.82, 2.24) is 29.3 Å². The highest BCUT2D eigenvalue weighted by atomic mass is 16.5. The van der Waals surface area contributed by atoms with Crippen LogP contribution in [0.4, 0.5) is 5.82 Å². The number of hydrogen-bond donors (Lipinski definition) is 2. The topological polar surface area (TPSA) is 141 Å². The lowest BCUT2D eigenvalue weighted by Gasteiger charge is -2.37. The number of carbonyl (C=O) groups is 2. The Kier molecular flexibility index (Phi) is 5.12. The molecule has 3 aromatic rings. The van der Waals surface area contributed by atoms with Crippen molar-refractivity contribution in [3.63, 3.8) is 0 Å². The Morgan fingerprint density at radius 2 is 2.10 bits per heavy atom. The van der Waals surface area contributed by atoms with Crippen LogP contribution in [0.25, 0.3) is 16.8 Å². The SMILES string of the molecule is COCC(=O)N1CC(c2cc(N)n3ncc(-c4cnn(C)c4)c3n2)CCC1C(=O)O. The van der Waals surface area contributed by atoms with E-state index in [9.17, 15) is 14.7 Å². The molecule has 3 aromatic heterocycles. The van der Waals surface area contributed by atoms with Crippen molar-refractivity contribution < 1.29 is 19.4 Å². The van der Waals surface area contributed by atoms with E-state index in [2.05, 4.69) is 10.2 Å². The van der Waals surface area contributed by atoms with E-state index < -0.39 is 12.0 Å². The van der Waals surface area contributed by atoms with Gasteiger partial charge in [0, 0.05) is 50.0 Å². The van der Waals surface area contributed by atoms with Crippen LogP contribution in [0.15, 0.2) is 24.7 Å². The number of methoxy groups -OCH3 is 1. The summed E-state index contributed by atoms with van der Waals surface area (Å²) in [6.07, 6.45) is 6.19. The fourth-order valence-electron chi connectivity index (χ4n) is 3.93. The van der Waals surface area contributed by atoms with Gasteiger partial charge in [-0.1, -0.05) is 0 Å². The van der Waals surface area contributed by atoms with Crippen LogP contribution in [0.5, 0.6) is 0 Å². The van der Waals surface area contributed by atoms with Gasteiger partial charge in [0.2, 0.25) is 5.91 Å². The maximum absolute atomic E-state index is 12.4. The number of aryl methyl sites for hydroxylation is 1. The summed E-state index contributed by atoms with van der Waals surface area (Å²) < 4.78 is 8.17. The summed E-state index contributed by atoms with van der Waals surface area (Å²) in [6, 6.07) is 0.864. The van der Waals surface area contributed by atoms with Crippen molar-refractivity contribution in [2.45, 2.75) is 24.8 Å². The third-order valence-corrected chi connectivity index (χ3v) is 5.41. The van der Waals surface area contributed by atoms with Crippen molar-refractivity contribution in [3.05, 3.63) is 30.4 Å². The van der Waals surface area contributed by atoms with E-state index in [-0.39, 0.29) is 25.0 Å². The second-order valence-electron chi connectivity index (χ2n) is 7.41. The molecule has 4 rings (SSSR count). The van der Waals surface area contributed by atoms with E-state index in [0.29, 0.717) is 30.0 Å². The minimum absolute atomic E-state index is 0.148. The Bertz CT molecular complexity index is 1110. The molecule has 158 valence electrons. The molecule has 1 amide bonds. The number of hydrogen-bond acceptors (Lipinski definition) is 7. The van der Waals surface area contributed by atoms with Crippen molar-refractivity contribution in [3.8, 4) is 11.1 Å². The third kappa shape index (κ3) is 3.47. The molecule has 2 unspecified atom stereocenters. The second-order valence-corrected chi connectivity index (χ2v) is 7.41. The molecule has 0 aromatic carbocycles. The smallest absolute Gasteiger partial charge is 0.326 e. The zero-order valence-electron chi connectivity index (χ0n) is 16.7. The molecular weight excluding hydrogens is 390 g/mol. The maximum Gasteiger partial charge on any atom is 0.326 e. The summed E-state index contributed by atoms with van der Waals surface area (Å²) in [5.74, 6) is -1.11. The number of carboxylic acid groups (broad SMARTS) is 1. The number of aromatic nitrogens is 5. The van der Waals surface area contributed by atoms with Crippen molar-refractivity contribution >= 4 is 23.3 Å². The standard InChI is InChI=1S/C19H23N7O4/c1-24-8-12(6-21-24)13-7-22-26-16(20)5-14(23-18(13)26)11-3-4-15(19(28)29)25(9-11)17(27)10-30-2/h5-8,11,15H,3-4,9-10,20H2,1-2H3,(H,28,29). The molecule has 0 saturated carbocycles. The number of carbonyl (C=O) groups excluding carboxylic acids is 1. The number of ether oxygens (including phenoxy) is 1. The Hall–Kier alpha value is -3.47. The Labute approximate surface area is 172 Å². The van der Waals surface area contributed by atoms with Gasteiger partial charge in [-0.25, -0.2) is 9.78 Å². The Balaban J connectivity index is 1.70. The summed E-state index contributed by atoms with van der Waals surface area (Å²) in [4.78, 5) is 30.2. The molecule has 4 heterocycles. The molecule has 1 aliphatic rings. The number of anilines is 1. The molecule has 0 bridgehead atoms. The lowest BCUT2D eigenvalue weighted by atomic mass is 9.90. The van der Waals surface area contributed by atoms with E-state index in [0.717, 1.165) is 11.1 Å². The number of aliphatic carboxylic acids is 1. The molecule has 1 aliphatic heterocycles. The van der Waals surface area contributed by atoms with Gasteiger partial charge in [-0.3, -0.25) is 9.48 Å². The molecule has 0 aliphatic carbocycles. The number of likely N-dealkylation sites (tertiary alicyclic amines) is 1. The van der Waals surface area contributed by atoms with Crippen molar-refractivity contribution in [2.24, 2.45) is 7.05 Å². The van der Waals surface area contributed by atoms with Gasteiger partial charge in [0.05, 0.1) is 18.1 Å². The minimum atomic E-state index is -1.02. The molecule has 0 spiro atoms. The highest BCUT2D eigenvalue weighted by molar-refractivity contribution is 5.84. The van der Waals surface area contributed by atoms with Crippen molar-refractivity contribution in [1.29, 1.82) is 0 Å². The number of amides is 1. The van der Waals surface area contributed by atoms with Gasteiger partial charge in [0.15, 0.2) is 5.65 Å². The van der Waals surface area contributed by atoms with Crippen molar-refractivity contribution in [2.75, 3.05) is 26.0 Å². The predicted molar refractivity (Wildman–Crippen MR) is 107 cm³/mol. The zero-order valence-corrected chi connectivity index (χ0v) is 16.7. The van der Waals surface area contributed by atoms with E-state index in [1.807, 2.05) is 13.2 Å². The summed E-state index contributed by atoms with van der Waals surface area (Å²) in [5.41, 5.74) is 9.17. The Morgan fingerprint density at radius 3 is 2.77 bits per heavy atom. The van der Waals surface area contributed by atoms with Crippen LogP contribution >= 0.6 is 0 Å². The molecular formula is C19H23N7O4. The molecule has 11 nitrogen and oxygen atoms in total. The van der Waals surface area contributed by atoms with E-state index in [1.165, 1.54) is 12.0 Å². The third-order valence-electron chi connectivity index (χ3n) is 5.41. The van der Waals surface area contributed by atoms with Gasteiger partial charge in [-0.05, 0) is 12.8 Å². The van der Waals surface area contributed by atoms with Gasteiger partial charge >= 0.3 is 5.97 Å². The normalized spacial score (nSPS) is 19.3. The number of fused-ring (bicyclic) bond motifs is 1. The lowest BCUT2D eigenvalue weighted by Crippen LogP contribution is -2.51. The summed E-state index contributed by atoms with van der Waals surface area (Å²) in [7, 11) is 3.24. The average molecular weight is 413 g/mol. The van der Waals surface area contributed by atoms with Crippen LogP contribution in [0.2, 0.25) is 0 Å². The molecule has 2 atom stereocenters. The first-order chi connectivity index (χ1) is 14.4. The number of piperidine rings is 1. The predicted octanol–water partition coefficient (Wildman–Crippen LogP) is 0.518. The van der Waals surface area contributed by atoms with E-state index in [4.69, 9.17) is 15.5 Å². The largest absolute Gasteiger partial charge is 0.480 e. The van der Waals surface area contributed by atoms with Crippen LogP contribution in [-0.2, 0) is 21.4 Å². The number of nitrogens with two attached hydrogens (primary N) is 1. The number of nitrogens with zero attached hydrogens (tertiary/aromatic N) is 6. The van der Waals surface area contributed by atoms with Gasteiger partial charge < -0.3 is 20.5 Å². The summed E-state index contributed by atoms with van der Waals surface area (Å²) in [5, 5.41) is 18.0. The Morgan fingerprint density at radius 1 is 1.30 bits per heavy atom. The highest BCUT2D eigenvalue weighted by Crippen LogP contribution is 2.32. The summed E-state index contributed by atoms with van der Waals surface area (Å²) in [6.45, 7) is 0.0665. The lowest BCUT2D eigenvalue weighted by molar-refractivity contribution is -0.154. The van der Waals surface area contributed by atoms with E-state index >= 15 is 0 Å². The van der Waals surface area contributed by atoms with Crippen LogP contribution in [0.3, 0.4) is 0 Å². The minimum Gasteiger partial charge on any atom is -0.480 e. The molecule has 0 radical (unpaired) electrons. The molecule has 1 saturated heterocycles. The molecule has 11 heteroatoms. The highest BCUT2D eigenvalue weighted by Gasteiger charge is 2.37. The number of carboxylic acids is 1. The second kappa shape index (κ2) is 7.75.